The molecule has 0 aromatic heterocycles. The number of rotatable bonds is 13. The predicted octanol–water partition coefficient (Wildman–Crippen LogP) is 3.72. The molecule has 6 nitrogen and oxygen atoms in total. The van der Waals surface area contributed by atoms with Crippen LogP contribution in [0.3, 0.4) is 0 Å². The second kappa shape index (κ2) is 12.6. The molecule has 6 heteroatoms. The second-order valence-corrected chi connectivity index (χ2v) is 8.12. The molecule has 0 radical (unpaired) electrons. The number of hydrogen-bond donors (Lipinski definition) is 3. The number of carbonyl (C=O) groups is 1. The van der Waals surface area contributed by atoms with E-state index < -0.39 is 12.0 Å². The molecule has 3 rings (SSSR count). The molecule has 3 aromatic carbocycles. The highest BCUT2D eigenvalue weighted by atomic mass is 16.5. The lowest BCUT2D eigenvalue weighted by molar-refractivity contribution is 0.1000. The Balaban J connectivity index is 1.35. The summed E-state index contributed by atoms with van der Waals surface area (Å²) < 4.78 is 11.6. The molecule has 1 unspecified atom stereocenters. The summed E-state index contributed by atoms with van der Waals surface area (Å²) in [5.41, 5.74) is 8.03. The Morgan fingerprint density at radius 2 is 1.64 bits per heavy atom. The summed E-state index contributed by atoms with van der Waals surface area (Å²) in [6, 6.07) is 25.0. The Bertz CT molecular complexity index is 993. The molecular formula is C27H32N2O4. The van der Waals surface area contributed by atoms with Gasteiger partial charge in [0, 0.05) is 24.2 Å². The van der Waals surface area contributed by atoms with Crippen LogP contribution in [-0.4, -0.2) is 36.3 Å². The summed E-state index contributed by atoms with van der Waals surface area (Å²) in [5, 5.41) is 13.6. The number of nitrogens with two attached hydrogens (primary N) is 1. The zero-order chi connectivity index (χ0) is 23.5. The molecule has 0 spiro atoms. The molecule has 2 atom stereocenters. The Labute approximate surface area is 195 Å². The first-order chi connectivity index (χ1) is 16.0. The van der Waals surface area contributed by atoms with Crippen LogP contribution in [0.1, 0.15) is 34.8 Å². The Morgan fingerprint density at radius 1 is 0.939 bits per heavy atom. The number of aryl methyl sites for hydroxylation is 1. The fourth-order valence-electron chi connectivity index (χ4n) is 3.30. The monoisotopic (exact) mass is 448 g/mol. The minimum atomic E-state index is -0.629. The average molecular weight is 449 g/mol. The smallest absolute Gasteiger partial charge is 0.248 e. The maximum absolute atomic E-state index is 11.1. The average Bonchev–Trinajstić information content (AvgIpc) is 2.85. The highest BCUT2D eigenvalue weighted by Gasteiger charge is 2.09. The first kappa shape index (κ1) is 24.3. The maximum Gasteiger partial charge on any atom is 0.248 e. The molecule has 174 valence electrons. The van der Waals surface area contributed by atoms with Crippen molar-refractivity contribution >= 4 is 5.91 Å². The van der Waals surface area contributed by atoms with E-state index in [1.807, 2.05) is 66.7 Å². The number of hydrogen-bond acceptors (Lipinski definition) is 5. The zero-order valence-corrected chi connectivity index (χ0v) is 18.9. The van der Waals surface area contributed by atoms with Crippen LogP contribution in [0.15, 0.2) is 78.9 Å². The number of aliphatic hydroxyl groups is 1. The normalized spacial score (nSPS) is 12.7. The van der Waals surface area contributed by atoms with Gasteiger partial charge in [-0.1, -0.05) is 48.5 Å². The number of carbonyl (C=O) groups excluding carboxylic acids is 1. The van der Waals surface area contributed by atoms with Crippen LogP contribution in [0, 0.1) is 0 Å². The molecule has 0 saturated heterocycles. The van der Waals surface area contributed by atoms with Gasteiger partial charge in [0.1, 0.15) is 30.8 Å². The number of amides is 1. The van der Waals surface area contributed by atoms with Gasteiger partial charge in [-0.25, -0.2) is 0 Å². The third-order valence-electron chi connectivity index (χ3n) is 5.30. The molecule has 0 heterocycles. The van der Waals surface area contributed by atoms with Crippen LogP contribution in [0.4, 0.5) is 0 Å². The lowest BCUT2D eigenvalue weighted by atomic mass is 10.0. The van der Waals surface area contributed by atoms with Crippen molar-refractivity contribution < 1.29 is 19.4 Å². The summed E-state index contributed by atoms with van der Waals surface area (Å²) in [6.07, 6.45) is 1.15. The van der Waals surface area contributed by atoms with Gasteiger partial charge in [0.15, 0.2) is 0 Å². The van der Waals surface area contributed by atoms with Gasteiger partial charge in [-0.15, -0.1) is 0 Å². The van der Waals surface area contributed by atoms with E-state index in [9.17, 15) is 9.90 Å². The van der Waals surface area contributed by atoms with Crippen LogP contribution in [0.5, 0.6) is 11.5 Å². The van der Waals surface area contributed by atoms with E-state index >= 15 is 0 Å². The summed E-state index contributed by atoms with van der Waals surface area (Å²) >= 11 is 0. The third-order valence-corrected chi connectivity index (χ3v) is 5.30. The Morgan fingerprint density at radius 3 is 2.33 bits per heavy atom. The predicted molar refractivity (Wildman–Crippen MR) is 129 cm³/mol. The largest absolute Gasteiger partial charge is 0.491 e. The van der Waals surface area contributed by atoms with E-state index in [1.165, 1.54) is 0 Å². The van der Waals surface area contributed by atoms with E-state index in [0.29, 0.717) is 24.5 Å². The first-order valence-corrected chi connectivity index (χ1v) is 11.2. The van der Waals surface area contributed by atoms with Crippen molar-refractivity contribution in [2.45, 2.75) is 38.5 Å². The standard InChI is InChI=1S/C27H32N2O4/c1-20(10-11-21-12-14-23(15-13-21)27(28)31)29-17-24(30)19-33-26-9-5-8-25(16-26)32-18-22-6-3-2-4-7-22/h2-9,12-16,20,24,29-30H,10-11,17-19H2,1H3,(H2,28,31)/t20?,24-/m1/s1. The van der Waals surface area contributed by atoms with Crippen LogP contribution < -0.4 is 20.5 Å². The van der Waals surface area contributed by atoms with Crippen LogP contribution in [0.2, 0.25) is 0 Å². The number of primary amides is 1. The molecule has 0 aliphatic heterocycles. The lowest BCUT2D eigenvalue weighted by Gasteiger charge is -2.18. The van der Waals surface area contributed by atoms with E-state index in [2.05, 4.69) is 12.2 Å². The van der Waals surface area contributed by atoms with Crippen molar-refractivity contribution in [2.75, 3.05) is 13.2 Å². The molecule has 4 N–H and O–H groups in total. The lowest BCUT2D eigenvalue weighted by Crippen LogP contribution is -2.36. The van der Waals surface area contributed by atoms with E-state index in [0.717, 1.165) is 29.7 Å². The first-order valence-electron chi connectivity index (χ1n) is 11.2. The fourth-order valence-corrected chi connectivity index (χ4v) is 3.30. The second-order valence-electron chi connectivity index (χ2n) is 8.12. The van der Waals surface area contributed by atoms with Gasteiger partial charge in [0.2, 0.25) is 5.91 Å². The maximum atomic E-state index is 11.1. The van der Waals surface area contributed by atoms with E-state index in [1.54, 1.807) is 12.1 Å². The highest BCUT2D eigenvalue weighted by molar-refractivity contribution is 5.92. The molecule has 0 saturated carbocycles. The van der Waals surface area contributed by atoms with E-state index in [4.69, 9.17) is 15.2 Å². The summed E-state index contributed by atoms with van der Waals surface area (Å²) in [4.78, 5) is 11.1. The Hall–Kier alpha value is -3.35. The zero-order valence-electron chi connectivity index (χ0n) is 18.9. The van der Waals surface area contributed by atoms with Crippen molar-refractivity contribution in [1.29, 1.82) is 0 Å². The van der Waals surface area contributed by atoms with Gasteiger partial charge in [-0.2, -0.15) is 0 Å². The van der Waals surface area contributed by atoms with Gasteiger partial charge in [0.25, 0.3) is 0 Å². The van der Waals surface area contributed by atoms with Gasteiger partial charge in [-0.05, 0) is 55.2 Å². The van der Waals surface area contributed by atoms with Gasteiger partial charge < -0.3 is 25.6 Å². The van der Waals surface area contributed by atoms with Crippen molar-refractivity contribution in [3.05, 3.63) is 95.6 Å². The van der Waals surface area contributed by atoms with Crippen molar-refractivity contribution in [3.8, 4) is 11.5 Å². The molecule has 33 heavy (non-hydrogen) atoms. The van der Waals surface area contributed by atoms with Crippen molar-refractivity contribution in [3.63, 3.8) is 0 Å². The van der Waals surface area contributed by atoms with Crippen LogP contribution in [0.25, 0.3) is 0 Å². The van der Waals surface area contributed by atoms with Crippen LogP contribution >= 0.6 is 0 Å². The van der Waals surface area contributed by atoms with Gasteiger partial charge >= 0.3 is 0 Å². The summed E-state index contributed by atoms with van der Waals surface area (Å²) in [7, 11) is 0. The quantitative estimate of drug-likeness (QED) is 0.371. The minimum Gasteiger partial charge on any atom is -0.491 e. The number of aliphatic hydroxyl groups excluding tert-OH is 1. The number of nitrogens with one attached hydrogen (secondary N) is 1. The summed E-state index contributed by atoms with van der Waals surface area (Å²) in [6.45, 7) is 3.20. The topological polar surface area (TPSA) is 93.8 Å². The SMILES string of the molecule is CC(CCc1ccc(C(N)=O)cc1)NC[C@@H](O)COc1cccc(OCc2ccccc2)c1. The third kappa shape index (κ3) is 8.60. The molecule has 0 fully saturated rings. The highest BCUT2D eigenvalue weighted by Crippen LogP contribution is 2.20. The van der Waals surface area contributed by atoms with E-state index in [-0.39, 0.29) is 12.6 Å². The molecule has 0 aliphatic rings. The van der Waals surface area contributed by atoms with Gasteiger partial charge in [-0.3, -0.25) is 4.79 Å². The molecule has 3 aromatic rings. The fraction of sp³-hybridized carbons (Fsp3) is 0.296. The molecule has 0 aliphatic carbocycles. The summed E-state index contributed by atoms with van der Waals surface area (Å²) in [5.74, 6) is 0.966. The Kier molecular flexibility index (Phi) is 9.30. The van der Waals surface area contributed by atoms with Gasteiger partial charge in [0.05, 0.1) is 0 Å². The van der Waals surface area contributed by atoms with Crippen molar-refractivity contribution in [2.24, 2.45) is 5.73 Å². The molecule has 0 bridgehead atoms. The number of ether oxygens (including phenoxy) is 2. The minimum absolute atomic E-state index is 0.191. The van der Waals surface area contributed by atoms with Crippen LogP contribution in [-0.2, 0) is 13.0 Å². The molecular weight excluding hydrogens is 416 g/mol. The van der Waals surface area contributed by atoms with Crippen molar-refractivity contribution in [1.82, 2.24) is 5.32 Å². The molecule has 1 amide bonds. The number of benzene rings is 3.